The Kier molecular flexibility index (Phi) is 5.26. The Morgan fingerprint density at radius 2 is 1.79 bits per heavy atom. The number of carbonyl (C=O) groups excluding carboxylic acids is 1. The average molecular weight is 266 g/mol. The lowest BCUT2D eigenvalue weighted by Gasteiger charge is -2.34. The highest BCUT2D eigenvalue weighted by Crippen LogP contribution is 2.31. The maximum absolute atomic E-state index is 12.2. The maximum Gasteiger partial charge on any atom is 0.223 e. The van der Waals surface area contributed by atoms with Gasteiger partial charge in [0, 0.05) is 18.0 Å². The van der Waals surface area contributed by atoms with Crippen molar-refractivity contribution in [3.05, 3.63) is 0 Å². The van der Waals surface area contributed by atoms with Crippen molar-refractivity contribution in [3.8, 4) is 0 Å². The van der Waals surface area contributed by atoms with Gasteiger partial charge in [-0.3, -0.25) is 4.79 Å². The molecule has 0 saturated heterocycles. The molecule has 0 radical (unpaired) electrons. The number of rotatable bonds is 4. The molecule has 2 saturated carbocycles. The van der Waals surface area contributed by atoms with Crippen molar-refractivity contribution in [2.45, 2.75) is 76.7 Å². The van der Waals surface area contributed by atoms with E-state index in [1.165, 1.54) is 38.5 Å². The van der Waals surface area contributed by atoms with Gasteiger partial charge in [-0.05, 0) is 44.4 Å². The highest BCUT2D eigenvalue weighted by molar-refractivity contribution is 5.78. The normalized spacial score (nSPS) is 30.8. The highest BCUT2D eigenvalue weighted by atomic mass is 16.1. The minimum atomic E-state index is -0.130. The second kappa shape index (κ2) is 6.74. The quantitative estimate of drug-likeness (QED) is 0.822. The van der Waals surface area contributed by atoms with Crippen molar-refractivity contribution in [3.63, 3.8) is 0 Å². The van der Waals surface area contributed by atoms with Crippen LogP contribution in [0.1, 0.15) is 71.1 Å². The summed E-state index contributed by atoms with van der Waals surface area (Å²) in [5, 5.41) is 3.13. The van der Waals surface area contributed by atoms with Crippen LogP contribution in [0.3, 0.4) is 0 Å². The minimum Gasteiger partial charge on any atom is -0.354 e. The van der Waals surface area contributed by atoms with E-state index < -0.39 is 0 Å². The second-order valence-corrected chi connectivity index (χ2v) is 6.77. The molecule has 0 aliphatic heterocycles. The lowest BCUT2D eigenvalue weighted by atomic mass is 9.80. The summed E-state index contributed by atoms with van der Waals surface area (Å²) in [5.41, 5.74) is 6.24. The van der Waals surface area contributed by atoms with Crippen LogP contribution >= 0.6 is 0 Å². The fourth-order valence-electron chi connectivity index (χ4n) is 3.67. The Morgan fingerprint density at radius 3 is 2.37 bits per heavy atom. The van der Waals surface area contributed by atoms with Crippen LogP contribution in [0.4, 0.5) is 0 Å². The number of nitrogens with one attached hydrogen (secondary N) is 1. The number of carbonyl (C=O) groups is 1. The van der Waals surface area contributed by atoms with Crippen LogP contribution in [0.2, 0.25) is 0 Å². The zero-order valence-electron chi connectivity index (χ0n) is 12.4. The average Bonchev–Trinajstić information content (AvgIpc) is 2.46. The fourth-order valence-corrected chi connectivity index (χ4v) is 3.67. The summed E-state index contributed by atoms with van der Waals surface area (Å²) in [7, 11) is 0. The van der Waals surface area contributed by atoms with E-state index in [0.717, 1.165) is 31.6 Å². The smallest absolute Gasteiger partial charge is 0.223 e. The minimum absolute atomic E-state index is 0.130. The van der Waals surface area contributed by atoms with Crippen molar-refractivity contribution < 1.29 is 4.79 Å². The second-order valence-electron chi connectivity index (χ2n) is 6.77. The van der Waals surface area contributed by atoms with E-state index >= 15 is 0 Å². The van der Waals surface area contributed by atoms with Gasteiger partial charge < -0.3 is 11.1 Å². The van der Waals surface area contributed by atoms with Gasteiger partial charge in [0.05, 0.1) is 0 Å². The summed E-state index contributed by atoms with van der Waals surface area (Å²) >= 11 is 0. The molecule has 0 unspecified atom stereocenters. The molecule has 2 rings (SSSR count). The summed E-state index contributed by atoms with van der Waals surface area (Å²) < 4.78 is 0. The first-order valence-corrected chi connectivity index (χ1v) is 8.19. The van der Waals surface area contributed by atoms with Crippen LogP contribution in [0.25, 0.3) is 0 Å². The first kappa shape index (κ1) is 14.8. The van der Waals surface area contributed by atoms with Crippen LogP contribution in [0.5, 0.6) is 0 Å². The van der Waals surface area contributed by atoms with Crippen LogP contribution in [0.15, 0.2) is 0 Å². The highest BCUT2D eigenvalue weighted by Gasteiger charge is 2.30. The molecule has 0 atom stereocenters. The number of nitrogens with two attached hydrogens (primary N) is 1. The Bertz CT molecular complexity index is 289. The van der Waals surface area contributed by atoms with Gasteiger partial charge in [-0.1, -0.05) is 32.6 Å². The maximum atomic E-state index is 12.2. The predicted octanol–water partition coefficient (Wildman–Crippen LogP) is 2.98. The van der Waals surface area contributed by atoms with E-state index in [-0.39, 0.29) is 17.4 Å². The molecule has 3 N–H and O–H groups in total. The third-order valence-electron chi connectivity index (χ3n) is 5.26. The Balaban J connectivity index is 1.72. The van der Waals surface area contributed by atoms with E-state index in [1.807, 2.05) is 0 Å². The first-order valence-electron chi connectivity index (χ1n) is 8.19. The van der Waals surface area contributed by atoms with Gasteiger partial charge in [-0.15, -0.1) is 0 Å². The molecular weight excluding hydrogens is 236 g/mol. The lowest BCUT2D eigenvalue weighted by molar-refractivity contribution is -0.126. The molecule has 0 aromatic carbocycles. The SMILES string of the molecule is CCC1CCC(C(=O)NCC2(N)CCCCC2)CC1. The summed E-state index contributed by atoms with van der Waals surface area (Å²) in [6, 6.07) is 0. The van der Waals surface area contributed by atoms with Gasteiger partial charge >= 0.3 is 0 Å². The molecule has 2 aliphatic carbocycles. The van der Waals surface area contributed by atoms with Gasteiger partial charge in [0.25, 0.3) is 0 Å². The third kappa shape index (κ3) is 4.20. The Labute approximate surface area is 117 Å². The van der Waals surface area contributed by atoms with Gasteiger partial charge in [-0.2, -0.15) is 0 Å². The molecular formula is C16H30N2O. The standard InChI is InChI=1S/C16H30N2O/c1-2-13-6-8-14(9-7-13)15(19)18-12-16(17)10-4-3-5-11-16/h13-14H,2-12,17H2,1H3,(H,18,19). The van der Waals surface area contributed by atoms with E-state index in [2.05, 4.69) is 12.2 Å². The van der Waals surface area contributed by atoms with Crippen molar-refractivity contribution in [1.82, 2.24) is 5.32 Å². The Morgan fingerprint density at radius 1 is 1.16 bits per heavy atom. The van der Waals surface area contributed by atoms with Crippen LogP contribution in [0, 0.1) is 11.8 Å². The number of hydrogen-bond acceptors (Lipinski definition) is 2. The van der Waals surface area contributed by atoms with Gasteiger partial charge in [-0.25, -0.2) is 0 Å². The molecule has 0 heterocycles. The van der Waals surface area contributed by atoms with Crippen molar-refractivity contribution in [1.29, 1.82) is 0 Å². The van der Waals surface area contributed by atoms with Crippen LogP contribution in [-0.2, 0) is 4.79 Å². The van der Waals surface area contributed by atoms with E-state index in [9.17, 15) is 4.79 Å². The van der Waals surface area contributed by atoms with E-state index in [4.69, 9.17) is 5.73 Å². The fraction of sp³-hybridized carbons (Fsp3) is 0.938. The van der Waals surface area contributed by atoms with Crippen LogP contribution in [-0.4, -0.2) is 18.0 Å². The molecule has 19 heavy (non-hydrogen) atoms. The van der Waals surface area contributed by atoms with Crippen molar-refractivity contribution >= 4 is 5.91 Å². The molecule has 2 fully saturated rings. The summed E-state index contributed by atoms with van der Waals surface area (Å²) in [4.78, 5) is 12.2. The number of amides is 1. The lowest BCUT2D eigenvalue weighted by Crippen LogP contribution is -2.52. The first-order chi connectivity index (χ1) is 9.13. The molecule has 110 valence electrons. The molecule has 3 nitrogen and oxygen atoms in total. The zero-order valence-corrected chi connectivity index (χ0v) is 12.4. The van der Waals surface area contributed by atoms with Crippen LogP contribution < -0.4 is 11.1 Å². The van der Waals surface area contributed by atoms with Gasteiger partial charge in [0.2, 0.25) is 5.91 Å². The molecule has 0 aromatic heterocycles. The van der Waals surface area contributed by atoms with E-state index in [0.29, 0.717) is 6.54 Å². The largest absolute Gasteiger partial charge is 0.354 e. The molecule has 2 aliphatic rings. The monoisotopic (exact) mass is 266 g/mol. The molecule has 3 heteroatoms. The summed E-state index contributed by atoms with van der Waals surface area (Å²) in [5.74, 6) is 1.35. The van der Waals surface area contributed by atoms with Crippen molar-refractivity contribution in [2.75, 3.05) is 6.54 Å². The predicted molar refractivity (Wildman–Crippen MR) is 78.8 cm³/mol. The van der Waals surface area contributed by atoms with Gasteiger partial charge in [0.1, 0.15) is 0 Å². The third-order valence-corrected chi connectivity index (χ3v) is 5.26. The molecule has 1 amide bonds. The van der Waals surface area contributed by atoms with E-state index in [1.54, 1.807) is 0 Å². The molecule has 0 spiro atoms. The Hall–Kier alpha value is -0.570. The zero-order chi connectivity index (χ0) is 13.7. The topological polar surface area (TPSA) is 55.1 Å². The molecule has 0 aromatic rings. The van der Waals surface area contributed by atoms with Crippen molar-refractivity contribution in [2.24, 2.45) is 17.6 Å². The summed E-state index contributed by atoms with van der Waals surface area (Å²) in [6.07, 6.45) is 11.7. The van der Waals surface area contributed by atoms with Gasteiger partial charge in [0.15, 0.2) is 0 Å². The summed E-state index contributed by atoms with van der Waals surface area (Å²) in [6.45, 7) is 2.94. The number of hydrogen-bond donors (Lipinski definition) is 2. The molecule has 0 bridgehead atoms.